The van der Waals surface area contributed by atoms with Crippen LogP contribution in [-0.4, -0.2) is 91.6 Å². The number of aliphatic hydroxyl groups is 1. The van der Waals surface area contributed by atoms with E-state index < -0.39 is 60.7 Å². The minimum absolute atomic E-state index is 0. The molecule has 0 unspecified atom stereocenters. The highest BCUT2D eigenvalue weighted by Crippen LogP contribution is 2.31. The molecule has 1 fully saturated rings. The zero-order valence-electron chi connectivity index (χ0n) is 23.3. The Bertz CT molecular complexity index is 973. The summed E-state index contributed by atoms with van der Waals surface area (Å²) in [5.41, 5.74) is 0. The topological polar surface area (TPSA) is 165 Å². The van der Waals surface area contributed by atoms with Gasteiger partial charge in [0.25, 0.3) is 0 Å². The second kappa shape index (κ2) is 16.9. The van der Waals surface area contributed by atoms with Crippen LogP contribution in [-0.2, 0) is 42.9 Å². The van der Waals surface area contributed by atoms with E-state index in [-0.39, 0.29) is 37.4 Å². The summed E-state index contributed by atoms with van der Waals surface area (Å²) in [5.74, 6) is -2.09. The van der Waals surface area contributed by atoms with Crippen molar-refractivity contribution in [1.82, 2.24) is 5.32 Å². The molecule has 1 aromatic rings. The smallest absolute Gasteiger partial charge is 0.303 e. The second-order valence-electron chi connectivity index (χ2n) is 9.18. The molecular weight excluding hydrogens is 554 g/mol. The van der Waals surface area contributed by atoms with E-state index in [0.29, 0.717) is 12.3 Å². The molecule has 14 heteroatoms. The Morgan fingerprint density at radius 2 is 1.38 bits per heavy atom. The van der Waals surface area contributed by atoms with Gasteiger partial charge in [-0.2, -0.15) is 0 Å². The van der Waals surface area contributed by atoms with E-state index in [4.69, 9.17) is 33.2 Å². The Kier molecular flexibility index (Phi) is 14.7. The van der Waals surface area contributed by atoms with Gasteiger partial charge in [0, 0.05) is 40.3 Å². The number of carbonyl (C=O) groups is 4. The maximum atomic E-state index is 11.9. The zero-order chi connectivity index (χ0) is 29.1. The summed E-state index contributed by atoms with van der Waals surface area (Å²) in [4.78, 5) is 47.1. The summed E-state index contributed by atoms with van der Waals surface area (Å²) in [6, 6.07) is 6.55. The van der Waals surface area contributed by atoms with Crippen LogP contribution < -0.4 is 14.8 Å². The average Bonchev–Trinajstić information content (AvgIpc) is 2.83. The molecule has 0 radical (unpaired) electrons. The highest BCUT2D eigenvalue weighted by Gasteiger charge is 2.53. The molecule has 0 bridgehead atoms. The maximum absolute atomic E-state index is 11.9. The minimum atomic E-state index is -1.35. The van der Waals surface area contributed by atoms with Gasteiger partial charge in [-0.1, -0.05) is 13.8 Å². The van der Waals surface area contributed by atoms with Crippen molar-refractivity contribution in [3.8, 4) is 11.5 Å². The lowest BCUT2D eigenvalue weighted by molar-refractivity contribution is -0.288. The number of aliphatic hydroxyl groups excluding tert-OH is 1. The van der Waals surface area contributed by atoms with E-state index >= 15 is 0 Å². The van der Waals surface area contributed by atoms with Crippen LogP contribution in [0.25, 0.3) is 0 Å². The van der Waals surface area contributed by atoms with E-state index in [9.17, 15) is 24.3 Å². The number of carbonyl (C=O) groups excluding carboxylic acids is 4. The van der Waals surface area contributed by atoms with E-state index in [1.165, 1.54) is 6.92 Å². The molecule has 40 heavy (non-hydrogen) atoms. The molecule has 0 amide bonds. The molecule has 0 aromatic heterocycles. The number of esters is 4. The average molecular weight is 592 g/mol. The van der Waals surface area contributed by atoms with E-state index in [2.05, 4.69) is 5.32 Å². The highest BCUT2D eigenvalue weighted by molar-refractivity contribution is 5.85. The van der Waals surface area contributed by atoms with Crippen LogP contribution >= 0.6 is 12.4 Å². The van der Waals surface area contributed by atoms with Crippen molar-refractivity contribution >= 4 is 36.3 Å². The number of benzene rings is 1. The number of ether oxygens (including phenoxy) is 7. The van der Waals surface area contributed by atoms with Gasteiger partial charge < -0.3 is 43.6 Å². The fourth-order valence-corrected chi connectivity index (χ4v) is 3.66. The second-order valence-corrected chi connectivity index (χ2v) is 9.18. The van der Waals surface area contributed by atoms with Crippen molar-refractivity contribution in [2.45, 2.75) is 84.4 Å². The quantitative estimate of drug-likeness (QED) is 0.249. The SMILES string of the molecule is CC(=O)OC[C@H]1O[C@H](Oc2ccc(OC[C@@H](O)CNC(C)C)cc2)[C@H](OC(C)=O)[C@@H](OC(C)=O)[C@@H]1OC(C)=O.Cl. The van der Waals surface area contributed by atoms with Crippen molar-refractivity contribution in [1.29, 1.82) is 0 Å². The van der Waals surface area contributed by atoms with Crippen LogP contribution in [0.4, 0.5) is 0 Å². The summed E-state index contributed by atoms with van der Waals surface area (Å²) in [5, 5.41) is 13.1. The highest BCUT2D eigenvalue weighted by atomic mass is 35.5. The molecule has 0 spiro atoms. The van der Waals surface area contributed by atoms with Crippen LogP contribution in [0.15, 0.2) is 24.3 Å². The molecule has 1 aliphatic heterocycles. The fourth-order valence-electron chi connectivity index (χ4n) is 3.66. The Hall–Kier alpha value is -3.13. The Morgan fingerprint density at radius 1 is 0.850 bits per heavy atom. The largest absolute Gasteiger partial charge is 0.491 e. The third-order valence-electron chi connectivity index (χ3n) is 5.23. The molecular formula is C26H38ClNO12. The zero-order valence-corrected chi connectivity index (χ0v) is 24.1. The first kappa shape index (κ1) is 34.9. The van der Waals surface area contributed by atoms with E-state index in [1.54, 1.807) is 24.3 Å². The van der Waals surface area contributed by atoms with Gasteiger partial charge in [0.1, 0.15) is 36.9 Å². The van der Waals surface area contributed by atoms with Crippen molar-refractivity contribution < 1.29 is 57.4 Å². The Morgan fingerprint density at radius 3 is 1.90 bits per heavy atom. The van der Waals surface area contributed by atoms with Crippen LogP contribution in [0.2, 0.25) is 0 Å². The lowest BCUT2D eigenvalue weighted by Crippen LogP contribution is -2.63. The monoisotopic (exact) mass is 591 g/mol. The molecule has 1 aromatic carbocycles. The number of halogens is 1. The molecule has 0 saturated carbocycles. The first-order valence-corrected chi connectivity index (χ1v) is 12.5. The van der Waals surface area contributed by atoms with E-state index in [1.807, 2.05) is 13.8 Å². The number of hydrogen-bond acceptors (Lipinski definition) is 13. The molecule has 1 aliphatic rings. The predicted octanol–water partition coefficient (Wildman–Crippen LogP) is 1.31. The fraction of sp³-hybridized carbons (Fsp3) is 0.615. The van der Waals surface area contributed by atoms with Crippen LogP contribution in [0.3, 0.4) is 0 Å². The summed E-state index contributed by atoms with van der Waals surface area (Å²) < 4.78 is 38.6. The standard InChI is InChI=1S/C26H37NO12.ClH/c1-14(2)27-11-19(32)12-34-20-7-9-21(10-8-20)38-26-25(37-18(6)31)24(36-17(5)30)23(35-16(4)29)22(39-26)13-33-15(3)28;/h7-10,14,19,22-27,32H,11-13H2,1-6H3;1H/t19-,22+,23+,24-,25+,26-;/m0./s1. The van der Waals surface area contributed by atoms with Crippen LogP contribution in [0.5, 0.6) is 11.5 Å². The van der Waals surface area contributed by atoms with Gasteiger partial charge in [-0.05, 0) is 24.3 Å². The number of rotatable bonds is 13. The summed E-state index contributed by atoms with van der Waals surface area (Å²) >= 11 is 0. The lowest BCUT2D eigenvalue weighted by Gasteiger charge is -2.43. The lowest BCUT2D eigenvalue weighted by atomic mass is 9.98. The molecule has 1 saturated heterocycles. The van der Waals surface area contributed by atoms with Gasteiger partial charge in [-0.3, -0.25) is 19.2 Å². The summed E-state index contributed by atoms with van der Waals surface area (Å²) in [6.07, 6.45) is -7.13. The van der Waals surface area contributed by atoms with Gasteiger partial charge in [-0.15, -0.1) is 12.4 Å². The molecule has 2 rings (SSSR count). The molecule has 2 N–H and O–H groups in total. The van der Waals surface area contributed by atoms with Crippen molar-refractivity contribution in [2.24, 2.45) is 0 Å². The third-order valence-corrected chi connectivity index (χ3v) is 5.23. The molecule has 6 atom stereocenters. The Balaban J connectivity index is 0.00000800. The normalized spacial score (nSPS) is 22.8. The first-order chi connectivity index (χ1) is 18.3. The molecule has 13 nitrogen and oxygen atoms in total. The summed E-state index contributed by atoms with van der Waals surface area (Å²) in [7, 11) is 0. The molecule has 226 valence electrons. The van der Waals surface area contributed by atoms with Crippen LogP contribution in [0, 0.1) is 0 Å². The summed E-state index contributed by atoms with van der Waals surface area (Å²) in [6.45, 7) is 8.63. The van der Waals surface area contributed by atoms with Gasteiger partial charge in [0.05, 0.1) is 0 Å². The maximum Gasteiger partial charge on any atom is 0.303 e. The van der Waals surface area contributed by atoms with Crippen molar-refractivity contribution in [3.05, 3.63) is 24.3 Å². The van der Waals surface area contributed by atoms with Gasteiger partial charge >= 0.3 is 23.9 Å². The van der Waals surface area contributed by atoms with E-state index in [0.717, 1.165) is 20.8 Å². The van der Waals surface area contributed by atoms with Gasteiger partial charge in [-0.25, -0.2) is 0 Å². The molecule has 0 aliphatic carbocycles. The van der Waals surface area contributed by atoms with Crippen molar-refractivity contribution in [2.75, 3.05) is 19.8 Å². The van der Waals surface area contributed by atoms with Gasteiger partial charge in [0.2, 0.25) is 12.4 Å². The number of nitrogens with one attached hydrogen (secondary N) is 1. The molecule has 1 heterocycles. The first-order valence-electron chi connectivity index (χ1n) is 12.5. The van der Waals surface area contributed by atoms with Crippen LogP contribution in [0.1, 0.15) is 41.5 Å². The minimum Gasteiger partial charge on any atom is -0.491 e. The third kappa shape index (κ3) is 11.9. The predicted molar refractivity (Wildman–Crippen MR) is 141 cm³/mol. The number of hydrogen-bond donors (Lipinski definition) is 2. The van der Waals surface area contributed by atoms with Crippen molar-refractivity contribution in [3.63, 3.8) is 0 Å². The Labute approximate surface area is 239 Å². The van der Waals surface area contributed by atoms with Gasteiger partial charge in [0.15, 0.2) is 12.2 Å².